The van der Waals surface area contributed by atoms with E-state index in [0.29, 0.717) is 26.2 Å². The Labute approximate surface area is 124 Å². The van der Waals surface area contributed by atoms with Gasteiger partial charge in [-0.05, 0) is 30.5 Å². The summed E-state index contributed by atoms with van der Waals surface area (Å²) in [6.07, 6.45) is 1.59. The van der Waals surface area contributed by atoms with Gasteiger partial charge in [-0.15, -0.1) is 0 Å². The zero-order valence-electron chi connectivity index (χ0n) is 12.1. The Morgan fingerprint density at radius 2 is 1.95 bits per heavy atom. The van der Waals surface area contributed by atoms with Gasteiger partial charge < -0.3 is 21.3 Å². The quantitative estimate of drug-likeness (QED) is 0.678. The first-order chi connectivity index (χ1) is 10.2. The molecule has 0 unspecified atom stereocenters. The van der Waals surface area contributed by atoms with Crippen LogP contribution in [0.3, 0.4) is 0 Å². The molecule has 0 spiro atoms. The number of fused-ring (bicyclic) bond motifs is 1. The highest BCUT2D eigenvalue weighted by molar-refractivity contribution is 5.84. The largest absolute Gasteiger partial charge is 0.355 e. The number of hydrogen-bond acceptors (Lipinski definition) is 3. The average Bonchev–Trinajstić information content (AvgIpc) is 2.52. The van der Waals surface area contributed by atoms with E-state index in [1.54, 1.807) is 4.90 Å². The summed E-state index contributed by atoms with van der Waals surface area (Å²) in [4.78, 5) is 25.3. The highest BCUT2D eigenvalue weighted by Crippen LogP contribution is 2.18. The lowest BCUT2D eigenvalue weighted by Gasteiger charge is -2.28. The van der Waals surface area contributed by atoms with Crippen LogP contribution in [0.5, 0.6) is 0 Å². The van der Waals surface area contributed by atoms with Crippen LogP contribution in [0.25, 0.3) is 0 Å². The van der Waals surface area contributed by atoms with E-state index in [2.05, 4.69) is 16.7 Å². The number of benzene rings is 1. The van der Waals surface area contributed by atoms with Crippen LogP contribution in [0.15, 0.2) is 24.3 Å². The highest BCUT2D eigenvalue weighted by atomic mass is 16.2. The van der Waals surface area contributed by atoms with E-state index in [1.165, 1.54) is 11.1 Å². The molecule has 6 nitrogen and oxygen atoms in total. The highest BCUT2D eigenvalue weighted by Gasteiger charge is 2.20. The second kappa shape index (κ2) is 7.64. The summed E-state index contributed by atoms with van der Waals surface area (Å²) in [6, 6.07) is 7.92. The Bertz CT molecular complexity index is 504. The second-order valence-corrected chi connectivity index (χ2v) is 5.09. The second-order valence-electron chi connectivity index (χ2n) is 5.09. The van der Waals surface area contributed by atoms with E-state index in [1.807, 2.05) is 18.2 Å². The molecule has 1 aliphatic heterocycles. The maximum atomic E-state index is 12.1. The molecule has 3 amide bonds. The number of nitrogens with one attached hydrogen (secondary N) is 2. The number of carbonyl (C=O) groups is 2. The zero-order chi connectivity index (χ0) is 15.1. The Balaban J connectivity index is 1.76. The van der Waals surface area contributed by atoms with Crippen LogP contribution in [0.4, 0.5) is 4.79 Å². The van der Waals surface area contributed by atoms with Gasteiger partial charge >= 0.3 is 6.03 Å². The lowest BCUT2D eigenvalue weighted by Crippen LogP contribution is -2.46. The molecule has 0 aromatic heterocycles. The molecule has 0 saturated carbocycles. The molecule has 21 heavy (non-hydrogen) atoms. The molecule has 1 aromatic rings. The Hall–Kier alpha value is -2.08. The molecular formula is C15H22N4O2. The van der Waals surface area contributed by atoms with Crippen molar-refractivity contribution in [3.8, 4) is 0 Å². The van der Waals surface area contributed by atoms with Gasteiger partial charge in [0.25, 0.3) is 0 Å². The van der Waals surface area contributed by atoms with E-state index >= 15 is 0 Å². The summed E-state index contributed by atoms with van der Waals surface area (Å²) in [5.74, 6) is -0.186. The third-order valence-electron chi connectivity index (χ3n) is 3.52. The Morgan fingerprint density at radius 3 is 2.71 bits per heavy atom. The number of nitrogens with zero attached hydrogens (tertiary/aromatic N) is 1. The molecule has 1 aliphatic rings. The van der Waals surface area contributed by atoms with Gasteiger partial charge in [-0.3, -0.25) is 4.79 Å². The predicted octanol–water partition coefficient (Wildman–Crippen LogP) is 0.219. The monoisotopic (exact) mass is 290 g/mol. The van der Waals surface area contributed by atoms with Crippen LogP contribution in [-0.2, 0) is 17.8 Å². The van der Waals surface area contributed by atoms with Gasteiger partial charge in [0.05, 0.1) is 6.54 Å². The summed E-state index contributed by atoms with van der Waals surface area (Å²) in [5, 5.41) is 5.36. The molecule has 0 radical (unpaired) electrons. The summed E-state index contributed by atoms with van der Waals surface area (Å²) in [5.41, 5.74) is 7.81. The topological polar surface area (TPSA) is 87.5 Å². The van der Waals surface area contributed by atoms with E-state index in [4.69, 9.17) is 5.73 Å². The lowest BCUT2D eigenvalue weighted by atomic mass is 10.0. The normalized spacial score (nSPS) is 13.5. The average molecular weight is 290 g/mol. The number of hydrogen-bond donors (Lipinski definition) is 3. The van der Waals surface area contributed by atoms with E-state index in [0.717, 1.165) is 12.8 Å². The number of rotatable bonds is 5. The van der Waals surface area contributed by atoms with E-state index < -0.39 is 0 Å². The van der Waals surface area contributed by atoms with Crippen molar-refractivity contribution in [2.75, 3.05) is 26.2 Å². The fourth-order valence-electron chi connectivity index (χ4n) is 2.33. The predicted molar refractivity (Wildman–Crippen MR) is 80.6 cm³/mol. The van der Waals surface area contributed by atoms with Crippen molar-refractivity contribution in [1.29, 1.82) is 0 Å². The van der Waals surface area contributed by atoms with Crippen molar-refractivity contribution < 1.29 is 9.59 Å². The van der Waals surface area contributed by atoms with Gasteiger partial charge in [-0.25, -0.2) is 4.79 Å². The molecule has 0 aliphatic carbocycles. The van der Waals surface area contributed by atoms with Crippen molar-refractivity contribution in [2.24, 2.45) is 5.73 Å². The fraction of sp³-hybridized carbons (Fsp3) is 0.467. The number of nitrogens with two attached hydrogens (primary N) is 1. The first-order valence-electron chi connectivity index (χ1n) is 7.27. The summed E-state index contributed by atoms with van der Waals surface area (Å²) in [7, 11) is 0. The molecule has 0 bridgehead atoms. The molecule has 6 heteroatoms. The summed E-state index contributed by atoms with van der Waals surface area (Å²) < 4.78 is 0. The number of urea groups is 1. The first kappa shape index (κ1) is 15.3. The molecule has 114 valence electrons. The van der Waals surface area contributed by atoms with Crippen molar-refractivity contribution in [2.45, 2.75) is 19.4 Å². The molecule has 1 heterocycles. The minimum atomic E-state index is -0.196. The molecule has 0 atom stereocenters. The fourth-order valence-corrected chi connectivity index (χ4v) is 2.33. The van der Waals surface area contributed by atoms with Crippen LogP contribution in [0.1, 0.15) is 17.5 Å². The van der Waals surface area contributed by atoms with Crippen molar-refractivity contribution in [3.05, 3.63) is 35.4 Å². The molecule has 0 fully saturated rings. The molecule has 0 saturated heterocycles. The van der Waals surface area contributed by atoms with Gasteiger partial charge in [-0.2, -0.15) is 0 Å². The molecule has 2 rings (SSSR count). The number of carbonyl (C=O) groups excluding carboxylic acids is 2. The van der Waals surface area contributed by atoms with Gasteiger partial charge in [-0.1, -0.05) is 24.3 Å². The van der Waals surface area contributed by atoms with Crippen LogP contribution in [0, 0.1) is 0 Å². The van der Waals surface area contributed by atoms with E-state index in [-0.39, 0.29) is 18.5 Å². The smallest absolute Gasteiger partial charge is 0.318 e. The standard InChI is InChI=1S/C15H22N4O2/c16-7-3-8-17-14(20)10-18-15(21)19-9-6-12-4-1-2-5-13(12)11-19/h1-2,4-5H,3,6-11,16H2,(H,17,20)(H,18,21). The third-order valence-corrected chi connectivity index (χ3v) is 3.52. The maximum Gasteiger partial charge on any atom is 0.318 e. The van der Waals surface area contributed by atoms with Crippen LogP contribution < -0.4 is 16.4 Å². The molecule has 1 aromatic carbocycles. The Kier molecular flexibility index (Phi) is 5.57. The number of amides is 3. The summed E-state index contributed by atoms with van der Waals surface area (Å²) in [6.45, 7) is 2.36. The maximum absolute atomic E-state index is 12.1. The third kappa shape index (κ3) is 4.46. The zero-order valence-corrected chi connectivity index (χ0v) is 12.1. The van der Waals surface area contributed by atoms with Crippen LogP contribution >= 0.6 is 0 Å². The molecular weight excluding hydrogens is 268 g/mol. The summed E-state index contributed by atoms with van der Waals surface area (Å²) >= 11 is 0. The molecule has 4 N–H and O–H groups in total. The van der Waals surface area contributed by atoms with Crippen molar-refractivity contribution in [3.63, 3.8) is 0 Å². The van der Waals surface area contributed by atoms with Gasteiger partial charge in [0.2, 0.25) is 5.91 Å². The van der Waals surface area contributed by atoms with Gasteiger partial charge in [0.15, 0.2) is 0 Å². The minimum Gasteiger partial charge on any atom is -0.355 e. The van der Waals surface area contributed by atoms with E-state index in [9.17, 15) is 9.59 Å². The Morgan fingerprint density at radius 1 is 1.19 bits per heavy atom. The first-order valence-corrected chi connectivity index (χ1v) is 7.27. The van der Waals surface area contributed by atoms with Crippen LogP contribution in [0.2, 0.25) is 0 Å². The van der Waals surface area contributed by atoms with Gasteiger partial charge in [0.1, 0.15) is 0 Å². The van der Waals surface area contributed by atoms with Gasteiger partial charge in [0, 0.05) is 19.6 Å². The minimum absolute atomic E-state index is 0.00154. The van der Waals surface area contributed by atoms with Crippen molar-refractivity contribution >= 4 is 11.9 Å². The SMILES string of the molecule is NCCCNC(=O)CNC(=O)N1CCc2ccccc2C1. The van der Waals surface area contributed by atoms with Crippen LogP contribution in [-0.4, -0.2) is 43.0 Å². The van der Waals surface area contributed by atoms with Crippen molar-refractivity contribution in [1.82, 2.24) is 15.5 Å². The lowest BCUT2D eigenvalue weighted by molar-refractivity contribution is -0.120.